The Bertz CT molecular complexity index is 715. The van der Waals surface area contributed by atoms with Gasteiger partial charge in [-0.3, -0.25) is 4.79 Å². The van der Waals surface area contributed by atoms with Gasteiger partial charge in [0.15, 0.2) is 5.79 Å². The van der Waals surface area contributed by atoms with E-state index in [1.807, 2.05) is 32.9 Å². The molecule has 2 atom stereocenters. The lowest BCUT2D eigenvalue weighted by Gasteiger charge is -2.44. The molecule has 3 rings (SSSR count). The van der Waals surface area contributed by atoms with Crippen LogP contribution in [0, 0.1) is 16.7 Å². The molecule has 2 unspecified atom stereocenters. The lowest BCUT2D eigenvalue weighted by atomic mass is 9.89. The minimum absolute atomic E-state index is 0.0871. The highest BCUT2D eigenvalue weighted by Crippen LogP contribution is 2.45. The Morgan fingerprint density at radius 1 is 1.23 bits per heavy atom. The van der Waals surface area contributed by atoms with Gasteiger partial charge in [0.2, 0.25) is 0 Å². The number of esters is 1. The van der Waals surface area contributed by atoms with Gasteiger partial charge in [-0.25, -0.2) is 0 Å². The summed E-state index contributed by atoms with van der Waals surface area (Å²) < 4.78 is 18.1. The number of halogens is 1. The van der Waals surface area contributed by atoms with Gasteiger partial charge in [0.05, 0.1) is 25.7 Å². The number of benzene rings is 1. The molecule has 1 saturated carbocycles. The molecule has 0 bridgehead atoms. The van der Waals surface area contributed by atoms with Crippen LogP contribution in [0.2, 0.25) is 0 Å². The van der Waals surface area contributed by atoms with E-state index in [2.05, 4.69) is 26.0 Å². The largest absolute Gasteiger partial charge is 0.465 e. The lowest BCUT2D eigenvalue weighted by molar-refractivity contribution is -0.313. The van der Waals surface area contributed by atoms with Crippen LogP contribution in [0.15, 0.2) is 24.3 Å². The molecule has 1 aromatic rings. The Kier molecular flexibility index (Phi) is 7.21. The number of hydrogen-bond acceptors (Lipinski definition) is 4. The van der Waals surface area contributed by atoms with Crippen molar-refractivity contribution >= 4 is 17.6 Å². The Balaban J connectivity index is 1.58. The average Bonchev–Trinajstić information content (AvgIpc) is 3.11. The highest BCUT2D eigenvalue weighted by molar-refractivity contribution is 6.18. The van der Waals surface area contributed by atoms with Gasteiger partial charge in [-0.2, -0.15) is 0 Å². The molecule has 0 N–H and O–H groups in total. The maximum atomic E-state index is 12.4. The standard InChI is InChI=1S/C25H37ClO4/c1-18(22(27)28-15-23(2,3)14-26)20-10-8-19(9-11-20)13-21-7-6-12-25(21)29-16-24(4,5)17-30-25/h8-11,18,21H,6-7,12-17H2,1-5H3. The molecule has 1 spiro atoms. The van der Waals surface area contributed by atoms with Gasteiger partial charge in [0, 0.05) is 29.0 Å². The smallest absolute Gasteiger partial charge is 0.313 e. The summed E-state index contributed by atoms with van der Waals surface area (Å²) in [6.45, 7) is 12.1. The van der Waals surface area contributed by atoms with Crippen molar-refractivity contribution in [2.45, 2.75) is 72.0 Å². The first kappa shape index (κ1) is 23.6. The molecule has 30 heavy (non-hydrogen) atoms. The van der Waals surface area contributed by atoms with Gasteiger partial charge in [-0.15, -0.1) is 11.6 Å². The van der Waals surface area contributed by atoms with E-state index >= 15 is 0 Å². The molecule has 1 aromatic carbocycles. The maximum absolute atomic E-state index is 12.4. The second kappa shape index (κ2) is 9.18. The second-order valence-electron chi connectivity index (χ2n) is 10.7. The van der Waals surface area contributed by atoms with Crippen molar-refractivity contribution < 1.29 is 19.0 Å². The van der Waals surface area contributed by atoms with Gasteiger partial charge in [0.25, 0.3) is 0 Å². The van der Waals surface area contributed by atoms with E-state index in [0.29, 0.717) is 18.4 Å². The molecule has 2 aliphatic rings. The molecule has 0 amide bonds. The second-order valence-corrected chi connectivity index (χ2v) is 11.0. The normalized spacial score (nSPS) is 24.0. The zero-order valence-electron chi connectivity index (χ0n) is 19.1. The van der Waals surface area contributed by atoms with E-state index in [0.717, 1.165) is 44.5 Å². The first-order valence-corrected chi connectivity index (χ1v) is 11.7. The van der Waals surface area contributed by atoms with Gasteiger partial charge >= 0.3 is 5.97 Å². The van der Waals surface area contributed by atoms with Gasteiger partial charge in [-0.05, 0) is 37.3 Å². The predicted octanol–water partition coefficient (Wildman–Crippen LogP) is 5.71. The summed E-state index contributed by atoms with van der Waals surface area (Å²) in [5, 5.41) is 0. The SMILES string of the molecule is CC(C(=O)OCC(C)(C)CCl)c1ccc(CC2CCCC23OCC(C)(C)CO3)cc1. The third kappa shape index (κ3) is 5.57. The fraction of sp³-hybridized carbons (Fsp3) is 0.720. The number of alkyl halides is 1. The van der Waals surface area contributed by atoms with Crippen molar-refractivity contribution in [2.75, 3.05) is 25.7 Å². The van der Waals surface area contributed by atoms with Crippen molar-refractivity contribution in [3.05, 3.63) is 35.4 Å². The van der Waals surface area contributed by atoms with E-state index in [9.17, 15) is 4.79 Å². The zero-order chi connectivity index (χ0) is 22.0. The van der Waals surface area contributed by atoms with E-state index in [-0.39, 0.29) is 22.7 Å². The van der Waals surface area contributed by atoms with Crippen LogP contribution in [0.1, 0.15) is 70.9 Å². The molecule has 0 aromatic heterocycles. The summed E-state index contributed by atoms with van der Waals surface area (Å²) >= 11 is 5.92. The molecule has 0 radical (unpaired) electrons. The molecular weight excluding hydrogens is 400 g/mol. The number of hydrogen-bond donors (Lipinski definition) is 0. The summed E-state index contributed by atoms with van der Waals surface area (Å²) in [6.07, 6.45) is 4.18. The van der Waals surface area contributed by atoms with Crippen molar-refractivity contribution in [1.29, 1.82) is 0 Å². The minimum Gasteiger partial charge on any atom is -0.465 e. The number of rotatable bonds is 7. The molecule has 1 heterocycles. The van der Waals surface area contributed by atoms with Crippen LogP contribution in [-0.2, 0) is 25.4 Å². The number of ether oxygens (including phenoxy) is 3. The highest BCUT2D eigenvalue weighted by Gasteiger charge is 2.49. The predicted molar refractivity (Wildman–Crippen MR) is 120 cm³/mol. The molecule has 1 saturated heterocycles. The fourth-order valence-electron chi connectivity index (χ4n) is 4.17. The Morgan fingerprint density at radius 3 is 2.47 bits per heavy atom. The Morgan fingerprint density at radius 2 is 1.87 bits per heavy atom. The molecular formula is C25H37ClO4. The number of carbonyl (C=O) groups is 1. The van der Waals surface area contributed by atoms with Crippen molar-refractivity contribution in [3.8, 4) is 0 Å². The monoisotopic (exact) mass is 436 g/mol. The topological polar surface area (TPSA) is 44.8 Å². The summed E-state index contributed by atoms with van der Waals surface area (Å²) in [7, 11) is 0. The van der Waals surface area contributed by atoms with Crippen LogP contribution < -0.4 is 0 Å². The third-order valence-corrected chi connectivity index (χ3v) is 7.12. The molecule has 1 aliphatic carbocycles. The van der Waals surface area contributed by atoms with E-state index < -0.39 is 5.79 Å². The van der Waals surface area contributed by atoms with Crippen LogP contribution in [0.5, 0.6) is 0 Å². The summed E-state index contributed by atoms with van der Waals surface area (Å²) in [5.74, 6) is -0.0885. The highest BCUT2D eigenvalue weighted by atomic mass is 35.5. The van der Waals surface area contributed by atoms with Crippen molar-refractivity contribution in [2.24, 2.45) is 16.7 Å². The van der Waals surface area contributed by atoms with E-state index in [1.54, 1.807) is 0 Å². The number of carbonyl (C=O) groups excluding carboxylic acids is 1. The molecule has 2 fully saturated rings. The zero-order valence-corrected chi connectivity index (χ0v) is 19.9. The lowest BCUT2D eigenvalue weighted by Crippen LogP contribution is -2.50. The van der Waals surface area contributed by atoms with Crippen LogP contribution in [0.3, 0.4) is 0 Å². The van der Waals surface area contributed by atoms with Crippen LogP contribution in [0.25, 0.3) is 0 Å². The summed E-state index contributed by atoms with van der Waals surface area (Å²) in [4.78, 5) is 12.4. The average molecular weight is 437 g/mol. The molecule has 4 nitrogen and oxygen atoms in total. The summed E-state index contributed by atoms with van der Waals surface area (Å²) in [5.41, 5.74) is 2.10. The van der Waals surface area contributed by atoms with Gasteiger partial charge in [0.1, 0.15) is 0 Å². The van der Waals surface area contributed by atoms with E-state index in [4.69, 9.17) is 25.8 Å². The minimum atomic E-state index is -0.416. The molecule has 5 heteroatoms. The third-order valence-electron chi connectivity index (χ3n) is 6.40. The van der Waals surface area contributed by atoms with E-state index in [1.165, 1.54) is 5.56 Å². The Hall–Kier alpha value is -1.10. The van der Waals surface area contributed by atoms with Crippen LogP contribution in [-0.4, -0.2) is 37.5 Å². The van der Waals surface area contributed by atoms with Crippen LogP contribution >= 0.6 is 11.6 Å². The first-order chi connectivity index (χ1) is 14.1. The van der Waals surface area contributed by atoms with Crippen LogP contribution in [0.4, 0.5) is 0 Å². The Labute approximate surface area is 186 Å². The van der Waals surface area contributed by atoms with Crippen molar-refractivity contribution in [3.63, 3.8) is 0 Å². The molecule has 1 aliphatic heterocycles. The maximum Gasteiger partial charge on any atom is 0.313 e. The fourth-order valence-corrected chi connectivity index (χ4v) is 4.25. The first-order valence-electron chi connectivity index (χ1n) is 11.2. The molecule has 168 valence electrons. The van der Waals surface area contributed by atoms with Crippen molar-refractivity contribution in [1.82, 2.24) is 0 Å². The van der Waals surface area contributed by atoms with Gasteiger partial charge < -0.3 is 14.2 Å². The van der Waals surface area contributed by atoms with Gasteiger partial charge in [-0.1, -0.05) is 52.0 Å². The summed E-state index contributed by atoms with van der Waals surface area (Å²) in [6, 6.07) is 8.34. The quantitative estimate of drug-likeness (QED) is 0.405.